The first-order chi connectivity index (χ1) is 21.2. The Kier molecular flexibility index (Phi) is 15.5. The van der Waals surface area contributed by atoms with Crippen molar-refractivity contribution in [2.24, 2.45) is 29.6 Å². The van der Waals surface area contributed by atoms with Crippen molar-refractivity contribution in [3.05, 3.63) is 47.3 Å². The molecular weight excluding hydrogens is 576 g/mol. The van der Waals surface area contributed by atoms with Gasteiger partial charge in [-0.1, -0.05) is 77.0 Å². The third kappa shape index (κ3) is 9.75. The summed E-state index contributed by atoms with van der Waals surface area (Å²) >= 11 is 0. The lowest BCUT2D eigenvalue weighted by atomic mass is 9.77. The molecule has 0 bridgehead atoms. The molecule has 258 valence electrons. The van der Waals surface area contributed by atoms with Crippen molar-refractivity contribution in [2.75, 3.05) is 28.4 Å². The largest absolute Gasteiger partial charge is 0.490 e. The molecule has 0 amide bonds. The number of methoxy groups -OCH3 is 4. The van der Waals surface area contributed by atoms with Crippen molar-refractivity contribution < 1.29 is 43.4 Å². The standard InChI is InChI=1S/C36H60O9/c1-13-28-25(6)31(42-11)20-36(43-12,45-28)27(8)33(38)26(7)34-29(40-9)16-14-15-21(2)17-23(4)32(37)24(5)18-22(3)19-30(41-10)35(39)44-34/h14-16,18-19,23-29,31-34,37-38H,13,17,20H2,1-12H3/b16-14+,21-15+,22-18+,30-19-/t23-,24?,25-,26?,27?,28?,29-,31?,32?,33?,34?,36?/m0/s1. The third-order valence-corrected chi connectivity index (χ3v) is 9.91. The molecule has 2 aliphatic rings. The van der Waals surface area contributed by atoms with Crippen LogP contribution in [0.5, 0.6) is 0 Å². The Hall–Kier alpha value is -2.01. The second-order valence-electron chi connectivity index (χ2n) is 13.2. The average molecular weight is 637 g/mol. The Balaban J connectivity index is 2.56. The van der Waals surface area contributed by atoms with Crippen molar-refractivity contribution in [1.29, 1.82) is 0 Å². The van der Waals surface area contributed by atoms with Crippen LogP contribution in [-0.2, 0) is 33.2 Å². The number of hydrogen-bond donors (Lipinski definition) is 2. The molecule has 45 heavy (non-hydrogen) atoms. The fraction of sp³-hybridized carbons (Fsp3) is 0.750. The van der Waals surface area contributed by atoms with Crippen molar-refractivity contribution in [2.45, 2.75) is 117 Å². The molecule has 2 N–H and O–H groups in total. The highest BCUT2D eigenvalue weighted by Gasteiger charge is 2.52. The van der Waals surface area contributed by atoms with E-state index in [2.05, 4.69) is 13.8 Å². The summed E-state index contributed by atoms with van der Waals surface area (Å²) < 4.78 is 35.9. The highest BCUT2D eigenvalue weighted by molar-refractivity contribution is 5.87. The van der Waals surface area contributed by atoms with E-state index < -0.39 is 48.0 Å². The van der Waals surface area contributed by atoms with Crippen LogP contribution in [0, 0.1) is 29.6 Å². The maximum absolute atomic E-state index is 13.6. The van der Waals surface area contributed by atoms with Gasteiger partial charge in [-0.05, 0) is 38.7 Å². The quantitative estimate of drug-likeness (QED) is 0.305. The van der Waals surface area contributed by atoms with Gasteiger partial charge in [-0.15, -0.1) is 0 Å². The molecule has 2 rings (SSSR count). The molecule has 9 unspecified atom stereocenters. The molecule has 0 saturated carbocycles. The molecule has 0 aromatic carbocycles. The van der Waals surface area contributed by atoms with Gasteiger partial charge in [-0.3, -0.25) is 0 Å². The minimum atomic E-state index is -1.11. The number of allylic oxidation sites excluding steroid dienone is 5. The van der Waals surface area contributed by atoms with E-state index in [-0.39, 0.29) is 35.7 Å². The Bertz CT molecular complexity index is 1050. The SMILES string of the molecule is CCC1OC(OC)(C(C)C(O)C(C)C2OC(=O)/C(OC)=C/C(C)=C/C(C)C(O)[C@@H](C)C/C(C)=C/C=C/[C@@H]2OC)CC(OC)[C@H]1C. The van der Waals surface area contributed by atoms with Gasteiger partial charge in [0.15, 0.2) is 5.79 Å². The van der Waals surface area contributed by atoms with Crippen LogP contribution in [0.2, 0.25) is 0 Å². The summed E-state index contributed by atoms with van der Waals surface area (Å²) in [7, 11) is 6.24. The number of ether oxygens (including phenoxy) is 6. The molecule has 2 aliphatic heterocycles. The van der Waals surface area contributed by atoms with Crippen LogP contribution >= 0.6 is 0 Å². The van der Waals surface area contributed by atoms with Gasteiger partial charge < -0.3 is 38.6 Å². The number of carbonyl (C=O) groups excluding carboxylic acids is 1. The lowest BCUT2D eigenvalue weighted by Gasteiger charge is -2.51. The summed E-state index contributed by atoms with van der Waals surface area (Å²) in [6, 6.07) is 0. The van der Waals surface area contributed by atoms with Crippen LogP contribution in [0.1, 0.15) is 74.7 Å². The van der Waals surface area contributed by atoms with Crippen LogP contribution in [0.4, 0.5) is 0 Å². The summed E-state index contributed by atoms with van der Waals surface area (Å²) in [5.74, 6) is -2.89. The van der Waals surface area contributed by atoms with Gasteiger partial charge in [0.2, 0.25) is 5.76 Å². The summed E-state index contributed by atoms with van der Waals surface area (Å²) in [4.78, 5) is 13.6. The molecule has 0 spiro atoms. The number of carbonyl (C=O) groups is 1. The monoisotopic (exact) mass is 636 g/mol. The lowest BCUT2D eigenvalue weighted by Crippen LogP contribution is -2.59. The Morgan fingerprint density at radius 3 is 2.31 bits per heavy atom. The average Bonchev–Trinajstić information content (AvgIpc) is 3.02. The van der Waals surface area contributed by atoms with Gasteiger partial charge in [-0.25, -0.2) is 4.79 Å². The van der Waals surface area contributed by atoms with E-state index in [0.717, 1.165) is 17.6 Å². The molecule has 1 saturated heterocycles. The number of hydrogen-bond acceptors (Lipinski definition) is 9. The van der Waals surface area contributed by atoms with Gasteiger partial charge in [-0.2, -0.15) is 0 Å². The molecule has 2 heterocycles. The Morgan fingerprint density at radius 2 is 1.76 bits per heavy atom. The first-order valence-electron chi connectivity index (χ1n) is 16.3. The smallest absolute Gasteiger partial charge is 0.373 e. The zero-order chi connectivity index (χ0) is 34.1. The highest BCUT2D eigenvalue weighted by atomic mass is 16.7. The Labute approximate surface area is 271 Å². The maximum Gasteiger partial charge on any atom is 0.373 e. The van der Waals surface area contributed by atoms with Gasteiger partial charge in [0.05, 0.1) is 31.5 Å². The van der Waals surface area contributed by atoms with Crippen LogP contribution < -0.4 is 0 Å². The van der Waals surface area contributed by atoms with Gasteiger partial charge in [0, 0.05) is 51.4 Å². The van der Waals surface area contributed by atoms with Crippen molar-refractivity contribution in [1.82, 2.24) is 0 Å². The molecule has 12 atom stereocenters. The van der Waals surface area contributed by atoms with Crippen LogP contribution in [0.25, 0.3) is 0 Å². The molecule has 0 aromatic heterocycles. The van der Waals surface area contributed by atoms with Crippen molar-refractivity contribution in [3.63, 3.8) is 0 Å². The number of rotatable bonds is 9. The minimum Gasteiger partial charge on any atom is -0.490 e. The van der Waals surface area contributed by atoms with E-state index in [0.29, 0.717) is 12.8 Å². The summed E-state index contributed by atoms with van der Waals surface area (Å²) in [5.41, 5.74) is 1.85. The summed E-state index contributed by atoms with van der Waals surface area (Å²) in [6.45, 7) is 15.8. The zero-order valence-corrected chi connectivity index (χ0v) is 29.6. The predicted molar refractivity (Wildman–Crippen MR) is 175 cm³/mol. The summed E-state index contributed by atoms with van der Waals surface area (Å²) in [5, 5.41) is 22.9. The van der Waals surface area contributed by atoms with E-state index in [9.17, 15) is 15.0 Å². The molecule has 0 aliphatic carbocycles. The fourth-order valence-corrected chi connectivity index (χ4v) is 6.88. The summed E-state index contributed by atoms with van der Waals surface area (Å²) in [6.07, 6.45) is 7.73. The number of aliphatic hydroxyl groups is 2. The number of aliphatic hydroxyl groups excluding tert-OH is 2. The van der Waals surface area contributed by atoms with Gasteiger partial charge in [0.1, 0.15) is 12.2 Å². The Morgan fingerprint density at radius 1 is 1.09 bits per heavy atom. The maximum atomic E-state index is 13.6. The van der Waals surface area contributed by atoms with Crippen LogP contribution in [0.15, 0.2) is 47.3 Å². The number of cyclic esters (lactones) is 1. The second kappa shape index (κ2) is 17.8. The normalized spacial score (nSPS) is 40.4. The molecule has 1 fully saturated rings. The molecule has 0 aromatic rings. The third-order valence-electron chi connectivity index (χ3n) is 9.91. The topological polar surface area (TPSA) is 113 Å². The molecule has 0 radical (unpaired) electrons. The van der Waals surface area contributed by atoms with E-state index in [1.54, 1.807) is 27.4 Å². The molecule has 9 heteroatoms. The first-order valence-corrected chi connectivity index (χ1v) is 16.3. The van der Waals surface area contributed by atoms with E-state index in [1.807, 2.05) is 65.8 Å². The van der Waals surface area contributed by atoms with Crippen LogP contribution in [0.3, 0.4) is 0 Å². The van der Waals surface area contributed by atoms with Gasteiger partial charge in [0.25, 0.3) is 0 Å². The molecular formula is C36H60O9. The molecule has 9 nitrogen and oxygen atoms in total. The van der Waals surface area contributed by atoms with Crippen molar-refractivity contribution in [3.8, 4) is 0 Å². The fourth-order valence-electron chi connectivity index (χ4n) is 6.88. The van der Waals surface area contributed by atoms with E-state index in [4.69, 9.17) is 28.4 Å². The predicted octanol–water partition coefficient (Wildman–Crippen LogP) is 5.75. The van der Waals surface area contributed by atoms with E-state index >= 15 is 0 Å². The van der Waals surface area contributed by atoms with Crippen molar-refractivity contribution >= 4 is 5.97 Å². The lowest BCUT2D eigenvalue weighted by molar-refractivity contribution is -0.335. The minimum absolute atomic E-state index is 0.00609. The first kappa shape index (κ1) is 39.2. The van der Waals surface area contributed by atoms with Crippen LogP contribution in [-0.4, -0.2) is 87.0 Å². The zero-order valence-electron chi connectivity index (χ0n) is 29.6. The number of esters is 1. The van der Waals surface area contributed by atoms with Gasteiger partial charge >= 0.3 is 5.97 Å². The highest BCUT2D eigenvalue weighted by Crippen LogP contribution is 2.43. The second-order valence-corrected chi connectivity index (χ2v) is 13.2. The van der Waals surface area contributed by atoms with E-state index in [1.165, 1.54) is 7.11 Å².